The minimum atomic E-state index is -0.925. The summed E-state index contributed by atoms with van der Waals surface area (Å²) in [4.78, 5) is 58.7. The number of carbonyl (C=O) groups is 5. The molecule has 0 aliphatic carbocycles. The molecule has 4 N–H and O–H groups in total. The molecule has 180 valence electrons. The fourth-order valence-electron chi connectivity index (χ4n) is 2.43. The standard InChI is InChI=1S/C22H25N5O7/c1-4-33-22(32)14-5-7-15(8-6-14)26-19(29)18(28)23-11-16-9-10-17(34-16)12-24-27-21(31)20(30)25-13(2)3/h5-10,12-13H,4,11H2,1-3H3,(H,23,28)(H,25,30)(H,26,29)(H,27,31)/b24-12+. The summed E-state index contributed by atoms with van der Waals surface area (Å²) in [6, 6.07) is 8.76. The Bertz CT molecular complexity index is 1070. The molecule has 0 fully saturated rings. The summed E-state index contributed by atoms with van der Waals surface area (Å²) < 4.78 is 10.3. The summed E-state index contributed by atoms with van der Waals surface area (Å²) in [7, 11) is 0. The van der Waals surface area contributed by atoms with E-state index in [1.165, 1.54) is 36.5 Å². The van der Waals surface area contributed by atoms with E-state index in [0.29, 0.717) is 17.0 Å². The molecule has 34 heavy (non-hydrogen) atoms. The molecule has 4 amide bonds. The molecule has 0 saturated heterocycles. The number of furan rings is 1. The third-order valence-electron chi connectivity index (χ3n) is 3.95. The average Bonchev–Trinajstić information content (AvgIpc) is 3.25. The number of hydrazone groups is 1. The summed E-state index contributed by atoms with van der Waals surface area (Å²) in [6.07, 6.45) is 1.18. The van der Waals surface area contributed by atoms with Crippen LogP contribution in [-0.2, 0) is 30.5 Å². The van der Waals surface area contributed by atoms with Gasteiger partial charge in [-0.15, -0.1) is 0 Å². The second kappa shape index (κ2) is 12.5. The number of rotatable bonds is 8. The van der Waals surface area contributed by atoms with E-state index in [1.54, 1.807) is 26.8 Å². The highest BCUT2D eigenvalue weighted by Crippen LogP contribution is 2.11. The number of hydrogen-bond donors (Lipinski definition) is 4. The van der Waals surface area contributed by atoms with Gasteiger partial charge in [0.25, 0.3) is 0 Å². The number of amides is 4. The largest absolute Gasteiger partial charge is 0.462 e. The Balaban J connectivity index is 1.79. The molecule has 1 aromatic carbocycles. The maximum atomic E-state index is 12.0. The zero-order valence-electron chi connectivity index (χ0n) is 18.8. The molecular formula is C22H25N5O7. The highest BCUT2D eigenvalue weighted by molar-refractivity contribution is 6.39. The van der Waals surface area contributed by atoms with Crippen molar-refractivity contribution in [3.63, 3.8) is 0 Å². The Labute approximate surface area is 195 Å². The maximum Gasteiger partial charge on any atom is 0.338 e. The summed E-state index contributed by atoms with van der Waals surface area (Å²) in [5.74, 6) is -3.46. The van der Waals surface area contributed by atoms with Crippen LogP contribution in [0.5, 0.6) is 0 Å². The van der Waals surface area contributed by atoms with Gasteiger partial charge in [0.2, 0.25) is 0 Å². The van der Waals surface area contributed by atoms with Crippen molar-refractivity contribution in [2.45, 2.75) is 33.4 Å². The molecule has 12 nitrogen and oxygen atoms in total. The molecule has 12 heteroatoms. The second-order valence-corrected chi connectivity index (χ2v) is 7.07. The van der Waals surface area contributed by atoms with E-state index >= 15 is 0 Å². The Morgan fingerprint density at radius 3 is 2.32 bits per heavy atom. The van der Waals surface area contributed by atoms with Gasteiger partial charge >= 0.3 is 29.6 Å². The zero-order valence-corrected chi connectivity index (χ0v) is 18.8. The molecule has 0 unspecified atom stereocenters. The number of benzene rings is 1. The number of nitrogens with zero attached hydrogens (tertiary/aromatic N) is 1. The molecule has 1 heterocycles. The molecule has 2 rings (SSSR count). The molecule has 0 aliphatic heterocycles. The lowest BCUT2D eigenvalue weighted by Gasteiger charge is -2.07. The number of carbonyl (C=O) groups excluding carboxylic acids is 5. The number of ether oxygens (including phenoxy) is 1. The zero-order chi connectivity index (χ0) is 25.1. The lowest BCUT2D eigenvalue weighted by molar-refractivity contribution is -0.139. The van der Waals surface area contributed by atoms with E-state index in [4.69, 9.17) is 9.15 Å². The van der Waals surface area contributed by atoms with Crippen molar-refractivity contribution in [2.75, 3.05) is 11.9 Å². The molecular weight excluding hydrogens is 446 g/mol. The lowest BCUT2D eigenvalue weighted by atomic mass is 10.2. The fourth-order valence-corrected chi connectivity index (χ4v) is 2.43. The van der Waals surface area contributed by atoms with Crippen LogP contribution in [0.1, 0.15) is 42.6 Å². The van der Waals surface area contributed by atoms with Crippen molar-refractivity contribution in [1.29, 1.82) is 0 Å². The Hall–Kier alpha value is -4.48. The summed E-state index contributed by atoms with van der Waals surface area (Å²) in [5, 5.41) is 10.9. The first-order valence-corrected chi connectivity index (χ1v) is 10.3. The smallest absolute Gasteiger partial charge is 0.338 e. The van der Waals surface area contributed by atoms with Crippen LogP contribution in [0.4, 0.5) is 5.69 Å². The van der Waals surface area contributed by atoms with Crippen molar-refractivity contribution < 1.29 is 33.1 Å². The predicted molar refractivity (Wildman–Crippen MR) is 121 cm³/mol. The molecule has 0 atom stereocenters. The molecule has 0 bridgehead atoms. The Morgan fingerprint density at radius 2 is 1.68 bits per heavy atom. The molecule has 0 aliphatic rings. The van der Waals surface area contributed by atoms with Gasteiger partial charge in [-0.3, -0.25) is 19.2 Å². The first kappa shape index (κ1) is 25.8. The third kappa shape index (κ3) is 8.22. The number of esters is 1. The van der Waals surface area contributed by atoms with E-state index in [1.807, 2.05) is 0 Å². The highest BCUT2D eigenvalue weighted by Gasteiger charge is 2.15. The van der Waals surface area contributed by atoms with Crippen LogP contribution < -0.4 is 21.4 Å². The predicted octanol–water partition coefficient (Wildman–Crippen LogP) is 0.686. The van der Waals surface area contributed by atoms with E-state index in [0.717, 1.165) is 0 Å². The van der Waals surface area contributed by atoms with Gasteiger partial charge in [0.05, 0.1) is 24.9 Å². The SMILES string of the molecule is CCOC(=O)c1ccc(NC(=O)C(=O)NCc2ccc(/C=N/NC(=O)C(=O)NC(C)C)o2)cc1. The summed E-state index contributed by atoms with van der Waals surface area (Å²) in [5.41, 5.74) is 2.71. The highest BCUT2D eigenvalue weighted by atomic mass is 16.5. The average molecular weight is 471 g/mol. The van der Waals surface area contributed by atoms with E-state index < -0.39 is 29.6 Å². The number of anilines is 1. The topological polar surface area (TPSA) is 168 Å². The molecule has 1 aromatic heterocycles. The monoisotopic (exact) mass is 471 g/mol. The molecule has 0 spiro atoms. The van der Waals surface area contributed by atoms with E-state index in [-0.39, 0.29) is 25.0 Å². The number of hydrogen-bond acceptors (Lipinski definition) is 8. The van der Waals surface area contributed by atoms with Crippen molar-refractivity contribution in [2.24, 2.45) is 5.10 Å². The lowest BCUT2D eigenvalue weighted by Crippen LogP contribution is -2.41. The van der Waals surface area contributed by atoms with Gasteiger partial charge in [-0.1, -0.05) is 0 Å². The van der Waals surface area contributed by atoms with Crippen LogP contribution in [0.15, 0.2) is 45.9 Å². The van der Waals surface area contributed by atoms with Gasteiger partial charge in [0.1, 0.15) is 11.5 Å². The van der Waals surface area contributed by atoms with Crippen molar-refractivity contribution >= 4 is 41.5 Å². The normalized spacial score (nSPS) is 10.6. The summed E-state index contributed by atoms with van der Waals surface area (Å²) in [6.45, 7) is 5.29. The van der Waals surface area contributed by atoms with E-state index in [2.05, 4.69) is 26.5 Å². The van der Waals surface area contributed by atoms with Crippen molar-refractivity contribution in [3.8, 4) is 0 Å². The van der Waals surface area contributed by atoms with Gasteiger partial charge in [0, 0.05) is 11.7 Å². The van der Waals surface area contributed by atoms with Crippen molar-refractivity contribution in [3.05, 3.63) is 53.5 Å². The van der Waals surface area contributed by atoms with Gasteiger partial charge in [-0.05, 0) is 57.2 Å². The van der Waals surface area contributed by atoms with Crippen LogP contribution >= 0.6 is 0 Å². The fraction of sp³-hybridized carbons (Fsp3) is 0.273. The first-order valence-electron chi connectivity index (χ1n) is 10.3. The molecule has 0 radical (unpaired) electrons. The van der Waals surface area contributed by atoms with Crippen LogP contribution in [0.3, 0.4) is 0 Å². The minimum Gasteiger partial charge on any atom is -0.462 e. The second-order valence-electron chi connectivity index (χ2n) is 7.07. The van der Waals surface area contributed by atoms with Crippen LogP contribution in [0.25, 0.3) is 0 Å². The van der Waals surface area contributed by atoms with Gasteiger partial charge in [-0.25, -0.2) is 10.2 Å². The van der Waals surface area contributed by atoms with Crippen LogP contribution in [-0.4, -0.2) is 48.5 Å². The Kier molecular flexibility index (Phi) is 9.50. The third-order valence-corrected chi connectivity index (χ3v) is 3.95. The molecule has 0 saturated carbocycles. The van der Waals surface area contributed by atoms with Crippen molar-refractivity contribution in [1.82, 2.24) is 16.1 Å². The molecule has 2 aromatic rings. The first-order chi connectivity index (χ1) is 16.2. The van der Waals surface area contributed by atoms with Crippen LogP contribution in [0.2, 0.25) is 0 Å². The van der Waals surface area contributed by atoms with Gasteiger partial charge in [0.15, 0.2) is 0 Å². The number of nitrogens with one attached hydrogen (secondary N) is 4. The van der Waals surface area contributed by atoms with Crippen LogP contribution in [0, 0.1) is 0 Å². The van der Waals surface area contributed by atoms with Gasteiger partial charge < -0.3 is 25.1 Å². The maximum absolute atomic E-state index is 12.0. The quantitative estimate of drug-likeness (QED) is 0.190. The minimum absolute atomic E-state index is 0.0783. The Morgan fingerprint density at radius 1 is 0.971 bits per heavy atom. The van der Waals surface area contributed by atoms with Gasteiger partial charge in [-0.2, -0.15) is 5.10 Å². The summed E-state index contributed by atoms with van der Waals surface area (Å²) >= 11 is 0. The van der Waals surface area contributed by atoms with E-state index in [9.17, 15) is 24.0 Å².